The normalized spacial score (nSPS) is 19.3. The second kappa shape index (κ2) is 13.1. The second-order valence-corrected chi connectivity index (χ2v) is 11.2. The number of urea groups is 1. The lowest BCUT2D eigenvalue weighted by Crippen LogP contribution is -2.54. The third-order valence-electron chi connectivity index (χ3n) is 7.69. The summed E-state index contributed by atoms with van der Waals surface area (Å²) in [7, 11) is 1.63. The number of aliphatic imine (C=N–C) groups is 1. The average molecular weight is 622 g/mol. The van der Waals surface area contributed by atoms with Gasteiger partial charge in [-0.15, -0.1) is 0 Å². The van der Waals surface area contributed by atoms with Gasteiger partial charge in [0.25, 0.3) is 0 Å². The summed E-state index contributed by atoms with van der Waals surface area (Å²) in [5.74, 6) is 1.88. The molecule has 2 unspecified atom stereocenters. The molecule has 2 aliphatic heterocycles. The number of aliphatic hydroxyl groups excluding tert-OH is 1. The van der Waals surface area contributed by atoms with E-state index in [-0.39, 0.29) is 24.7 Å². The first-order valence-corrected chi connectivity index (χ1v) is 14.8. The number of methoxy groups -OCH3 is 1. The van der Waals surface area contributed by atoms with E-state index in [1.54, 1.807) is 7.11 Å². The largest absolute Gasteiger partial charge is 0.497 e. The van der Waals surface area contributed by atoms with Crippen molar-refractivity contribution in [3.05, 3.63) is 93.5 Å². The molecule has 0 aliphatic carbocycles. The number of aliphatic hydroxyl groups is 1. The topological polar surface area (TPSA) is 77.8 Å². The summed E-state index contributed by atoms with van der Waals surface area (Å²) in [6, 6.07) is 21.4. The van der Waals surface area contributed by atoms with Crippen LogP contribution in [0.15, 0.2) is 76.2 Å². The van der Waals surface area contributed by atoms with Crippen LogP contribution in [0, 0.1) is 6.92 Å². The van der Waals surface area contributed by atoms with Gasteiger partial charge in [-0.1, -0.05) is 57.9 Å². The fourth-order valence-corrected chi connectivity index (χ4v) is 5.77. The quantitative estimate of drug-likeness (QED) is 0.363. The van der Waals surface area contributed by atoms with Crippen molar-refractivity contribution in [2.24, 2.45) is 4.99 Å². The Morgan fingerprint density at radius 2 is 1.68 bits per heavy atom. The third-order valence-corrected chi connectivity index (χ3v) is 8.22. The zero-order valence-corrected chi connectivity index (χ0v) is 25.4. The van der Waals surface area contributed by atoms with Crippen molar-refractivity contribution in [2.75, 3.05) is 53.0 Å². The summed E-state index contributed by atoms with van der Waals surface area (Å²) < 4.78 is 12.5. The number of rotatable bonds is 8. The van der Waals surface area contributed by atoms with E-state index in [1.165, 1.54) is 0 Å². The highest BCUT2D eigenvalue weighted by Crippen LogP contribution is 2.45. The molecule has 0 spiro atoms. The van der Waals surface area contributed by atoms with Crippen LogP contribution in [0.25, 0.3) is 0 Å². The minimum absolute atomic E-state index is 0.0872. The Morgan fingerprint density at radius 3 is 2.32 bits per heavy atom. The number of hydrogen-bond acceptors (Lipinski definition) is 6. The zero-order chi connectivity index (χ0) is 28.9. The van der Waals surface area contributed by atoms with E-state index in [0.29, 0.717) is 56.7 Å². The Labute approximate surface area is 250 Å². The SMILES string of the molecule is CCOc1cc(OC)ccc1C1=NC(c2ccc(Br)cc2)C(c2ccc(C)cc2)N1C(=O)N1CCN(CCO)CC1. The molecule has 2 amide bonds. The number of piperazine rings is 1. The van der Waals surface area contributed by atoms with Gasteiger partial charge in [-0.25, -0.2) is 4.79 Å². The predicted octanol–water partition coefficient (Wildman–Crippen LogP) is 5.44. The van der Waals surface area contributed by atoms with E-state index < -0.39 is 0 Å². The van der Waals surface area contributed by atoms with Gasteiger partial charge in [0.2, 0.25) is 0 Å². The molecular weight excluding hydrogens is 584 g/mol. The smallest absolute Gasteiger partial charge is 0.326 e. The summed E-state index contributed by atoms with van der Waals surface area (Å²) in [6.45, 7) is 7.77. The van der Waals surface area contributed by atoms with Crippen molar-refractivity contribution < 1.29 is 19.4 Å². The Morgan fingerprint density at radius 1 is 1.00 bits per heavy atom. The fourth-order valence-electron chi connectivity index (χ4n) is 5.50. The van der Waals surface area contributed by atoms with E-state index >= 15 is 0 Å². The Balaban J connectivity index is 1.64. The van der Waals surface area contributed by atoms with E-state index in [4.69, 9.17) is 14.5 Å². The molecule has 0 saturated carbocycles. The van der Waals surface area contributed by atoms with Gasteiger partial charge < -0.3 is 19.5 Å². The molecule has 216 valence electrons. The van der Waals surface area contributed by atoms with Crippen LogP contribution in [0.2, 0.25) is 0 Å². The lowest BCUT2D eigenvalue weighted by molar-refractivity contribution is 0.108. The first kappa shape index (κ1) is 29.1. The molecule has 0 bridgehead atoms. The monoisotopic (exact) mass is 620 g/mol. The Bertz CT molecular complexity index is 1370. The van der Waals surface area contributed by atoms with E-state index in [9.17, 15) is 9.90 Å². The predicted molar refractivity (Wildman–Crippen MR) is 164 cm³/mol. The van der Waals surface area contributed by atoms with Gasteiger partial charge in [0.1, 0.15) is 23.4 Å². The highest BCUT2D eigenvalue weighted by Gasteiger charge is 2.45. The molecule has 2 heterocycles. The molecule has 3 aromatic carbocycles. The first-order valence-electron chi connectivity index (χ1n) is 14.1. The average Bonchev–Trinajstić information content (AvgIpc) is 3.38. The minimum Gasteiger partial charge on any atom is -0.497 e. The number of nitrogens with zero attached hydrogens (tertiary/aromatic N) is 4. The molecule has 1 fully saturated rings. The molecule has 1 N–H and O–H groups in total. The van der Waals surface area contributed by atoms with Gasteiger partial charge in [0.05, 0.1) is 31.9 Å². The molecule has 9 heteroatoms. The maximum absolute atomic E-state index is 14.6. The summed E-state index contributed by atoms with van der Waals surface area (Å²) >= 11 is 3.56. The Hall–Kier alpha value is -3.40. The molecule has 5 rings (SSSR count). The molecule has 41 heavy (non-hydrogen) atoms. The molecule has 3 aromatic rings. The summed E-state index contributed by atoms with van der Waals surface area (Å²) in [4.78, 5) is 25.8. The minimum atomic E-state index is -0.355. The maximum atomic E-state index is 14.6. The van der Waals surface area contributed by atoms with E-state index in [1.807, 2.05) is 47.1 Å². The van der Waals surface area contributed by atoms with Crippen molar-refractivity contribution in [3.63, 3.8) is 0 Å². The number of halogens is 1. The van der Waals surface area contributed by atoms with Gasteiger partial charge >= 0.3 is 6.03 Å². The molecule has 1 saturated heterocycles. The van der Waals surface area contributed by atoms with Crippen molar-refractivity contribution in [1.29, 1.82) is 0 Å². The van der Waals surface area contributed by atoms with Crippen molar-refractivity contribution in [3.8, 4) is 11.5 Å². The van der Waals surface area contributed by atoms with Crippen LogP contribution >= 0.6 is 15.9 Å². The molecule has 8 nitrogen and oxygen atoms in total. The van der Waals surface area contributed by atoms with Crippen molar-refractivity contribution in [1.82, 2.24) is 14.7 Å². The summed E-state index contributed by atoms with van der Waals surface area (Å²) in [5.41, 5.74) is 3.93. The highest BCUT2D eigenvalue weighted by atomic mass is 79.9. The fraction of sp³-hybridized carbons (Fsp3) is 0.375. The van der Waals surface area contributed by atoms with Gasteiger partial charge in [-0.2, -0.15) is 0 Å². The molecular formula is C32H37BrN4O4. The van der Waals surface area contributed by atoms with Gasteiger partial charge in [0, 0.05) is 43.3 Å². The molecule has 2 atom stereocenters. The number of carbonyl (C=O) groups excluding carboxylic acids is 1. The van der Waals surface area contributed by atoms with Crippen LogP contribution in [0.4, 0.5) is 4.79 Å². The van der Waals surface area contributed by atoms with E-state index in [2.05, 4.69) is 64.2 Å². The number of ether oxygens (including phenoxy) is 2. The molecule has 0 aromatic heterocycles. The van der Waals surface area contributed by atoms with Crippen LogP contribution < -0.4 is 9.47 Å². The first-order chi connectivity index (χ1) is 19.9. The van der Waals surface area contributed by atoms with Gasteiger partial charge in [-0.05, 0) is 49.2 Å². The lowest BCUT2D eigenvalue weighted by Gasteiger charge is -2.39. The lowest BCUT2D eigenvalue weighted by atomic mass is 9.93. The van der Waals surface area contributed by atoms with Gasteiger partial charge in [-0.3, -0.25) is 14.8 Å². The van der Waals surface area contributed by atoms with Crippen LogP contribution in [-0.2, 0) is 0 Å². The standard InChI is InChI=1S/C32H37BrN4O4/c1-4-41-28-21-26(40-3)13-14-27(28)31-34-29(23-9-11-25(33)12-10-23)30(24-7-5-22(2)6-8-24)37(31)32(39)36-17-15-35(16-18-36)19-20-38/h5-14,21,29-30,38H,4,15-20H2,1-3H3. The van der Waals surface area contributed by atoms with Crippen molar-refractivity contribution >= 4 is 27.8 Å². The van der Waals surface area contributed by atoms with Crippen LogP contribution in [0.1, 0.15) is 41.3 Å². The summed E-state index contributed by atoms with van der Waals surface area (Å²) in [5, 5.41) is 9.40. The number of aryl methyl sites for hydroxylation is 1. The molecule has 0 radical (unpaired) electrons. The number of amides is 2. The van der Waals surface area contributed by atoms with Crippen molar-refractivity contribution in [2.45, 2.75) is 25.9 Å². The number of β-amino-alcohol motifs (C(OH)–C–C–N with tert-alkyl or cyclic N) is 1. The van der Waals surface area contributed by atoms with Crippen LogP contribution in [0.3, 0.4) is 0 Å². The maximum Gasteiger partial charge on any atom is 0.326 e. The second-order valence-electron chi connectivity index (χ2n) is 10.3. The van der Waals surface area contributed by atoms with Gasteiger partial charge in [0.15, 0.2) is 0 Å². The highest BCUT2D eigenvalue weighted by molar-refractivity contribution is 9.10. The van der Waals surface area contributed by atoms with E-state index in [0.717, 1.165) is 26.7 Å². The Kier molecular flexibility index (Phi) is 9.27. The number of amidine groups is 1. The van der Waals surface area contributed by atoms with Crippen LogP contribution in [0.5, 0.6) is 11.5 Å². The molecule has 2 aliphatic rings. The number of carbonyl (C=O) groups is 1. The van der Waals surface area contributed by atoms with Crippen LogP contribution in [-0.4, -0.2) is 84.7 Å². The number of benzene rings is 3. The number of hydrogen-bond donors (Lipinski definition) is 1. The zero-order valence-electron chi connectivity index (χ0n) is 23.8. The summed E-state index contributed by atoms with van der Waals surface area (Å²) in [6.07, 6.45) is 0. The third kappa shape index (κ3) is 6.27.